The van der Waals surface area contributed by atoms with Crippen LogP contribution in [0.15, 0.2) is 48.4 Å². The minimum absolute atomic E-state index is 0.153. The summed E-state index contributed by atoms with van der Waals surface area (Å²) in [4.78, 5) is 15.8. The van der Waals surface area contributed by atoms with Crippen molar-refractivity contribution in [2.45, 2.75) is 41.5 Å². The lowest BCUT2D eigenvalue weighted by Gasteiger charge is -2.01. The summed E-state index contributed by atoms with van der Waals surface area (Å²) >= 11 is 1.35. The molecule has 1 N–H and O–H groups in total. The monoisotopic (exact) mass is 320 g/mol. The van der Waals surface area contributed by atoms with Crippen molar-refractivity contribution < 1.29 is 4.79 Å². The van der Waals surface area contributed by atoms with Crippen LogP contribution in [0.5, 0.6) is 0 Å². The summed E-state index contributed by atoms with van der Waals surface area (Å²) in [5, 5.41) is 5.14. The second-order valence-corrected chi connectivity index (χ2v) is 4.38. The third-order valence-corrected chi connectivity index (χ3v) is 2.80. The first-order valence-electron chi connectivity index (χ1n) is 7.53. The second kappa shape index (κ2) is 15.4. The van der Waals surface area contributed by atoms with E-state index in [-0.39, 0.29) is 5.91 Å². The van der Waals surface area contributed by atoms with Gasteiger partial charge in [-0.1, -0.05) is 52.0 Å². The Hall–Kier alpha value is -1.94. The molecule has 0 aliphatic carbocycles. The number of aromatic nitrogens is 1. The minimum atomic E-state index is -0.153. The zero-order chi connectivity index (χ0) is 17.4. The summed E-state index contributed by atoms with van der Waals surface area (Å²) in [6.07, 6.45) is 1.75. The van der Waals surface area contributed by atoms with Crippen molar-refractivity contribution in [1.29, 1.82) is 0 Å². The molecule has 0 aliphatic rings. The number of carbonyl (C=O) groups excluding carboxylic acids is 1. The summed E-state index contributed by atoms with van der Waals surface area (Å²) in [7, 11) is 0. The standard InChI is InChI=1S/C11H10N2OS.C3H6.2C2H6/c1-8-7-15-11(12-8)10(14)13-9-5-3-2-4-6-9;1-3-2;2*1-2/h2-7H,1H3,(H,13,14);3H,1H2,2H3;2*1-2H3. The van der Waals surface area contributed by atoms with Gasteiger partial charge in [0.2, 0.25) is 0 Å². The summed E-state index contributed by atoms with van der Waals surface area (Å²) in [5.74, 6) is -0.153. The SMILES string of the molecule is C=CC.CC.CC.Cc1csc(C(=O)Nc2ccccc2)n1. The Bertz CT molecular complexity index is 507. The summed E-state index contributed by atoms with van der Waals surface area (Å²) in [5.41, 5.74) is 1.66. The molecule has 1 aromatic carbocycles. The van der Waals surface area contributed by atoms with Gasteiger partial charge < -0.3 is 5.32 Å². The fourth-order valence-electron chi connectivity index (χ4n) is 1.16. The van der Waals surface area contributed by atoms with Gasteiger partial charge in [-0.25, -0.2) is 4.98 Å². The van der Waals surface area contributed by atoms with Crippen molar-refractivity contribution in [3.63, 3.8) is 0 Å². The number of carbonyl (C=O) groups is 1. The van der Waals surface area contributed by atoms with E-state index in [4.69, 9.17) is 0 Å². The molecule has 2 rings (SSSR count). The van der Waals surface area contributed by atoms with Gasteiger partial charge in [-0.3, -0.25) is 4.79 Å². The van der Waals surface area contributed by atoms with Crippen molar-refractivity contribution in [3.8, 4) is 0 Å². The Morgan fingerprint density at radius 3 is 2.09 bits per heavy atom. The smallest absolute Gasteiger partial charge is 0.284 e. The van der Waals surface area contributed by atoms with E-state index >= 15 is 0 Å². The predicted molar refractivity (Wildman–Crippen MR) is 99.8 cm³/mol. The van der Waals surface area contributed by atoms with Crippen LogP contribution in [0.2, 0.25) is 0 Å². The van der Waals surface area contributed by atoms with Crippen LogP contribution in [0.1, 0.15) is 50.1 Å². The lowest BCUT2D eigenvalue weighted by Crippen LogP contribution is -2.11. The molecular formula is C18H28N2OS. The van der Waals surface area contributed by atoms with E-state index in [0.29, 0.717) is 5.01 Å². The highest BCUT2D eigenvalue weighted by Gasteiger charge is 2.09. The molecule has 0 saturated heterocycles. The lowest BCUT2D eigenvalue weighted by atomic mass is 10.3. The molecule has 0 radical (unpaired) electrons. The lowest BCUT2D eigenvalue weighted by molar-refractivity contribution is 0.102. The van der Waals surface area contributed by atoms with Crippen molar-refractivity contribution >= 4 is 22.9 Å². The van der Waals surface area contributed by atoms with E-state index in [1.165, 1.54) is 11.3 Å². The normalized spacial score (nSPS) is 7.91. The first-order chi connectivity index (χ1) is 10.7. The van der Waals surface area contributed by atoms with Crippen molar-refractivity contribution in [3.05, 3.63) is 59.1 Å². The molecule has 22 heavy (non-hydrogen) atoms. The van der Waals surface area contributed by atoms with Gasteiger partial charge in [0.15, 0.2) is 5.01 Å². The predicted octanol–water partition coefficient (Wildman–Crippen LogP) is 5.95. The molecule has 1 heterocycles. The van der Waals surface area contributed by atoms with E-state index < -0.39 is 0 Å². The maximum atomic E-state index is 11.7. The second-order valence-electron chi connectivity index (χ2n) is 3.52. The van der Waals surface area contributed by atoms with Gasteiger partial charge in [0.05, 0.1) is 0 Å². The third kappa shape index (κ3) is 9.88. The molecule has 122 valence electrons. The number of hydrogen-bond acceptors (Lipinski definition) is 3. The Balaban J connectivity index is 0. The van der Waals surface area contributed by atoms with Gasteiger partial charge in [-0.2, -0.15) is 0 Å². The van der Waals surface area contributed by atoms with Crippen LogP contribution in [-0.2, 0) is 0 Å². The fraction of sp³-hybridized carbons (Fsp3) is 0.333. The molecule has 1 aromatic heterocycles. The maximum Gasteiger partial charge on any atom is 0.284 e. The third-order valence-electron chi connectivity index (χ3n) is 1.84. The molecule has 0 unspecified atom stereocenters. The Morgan fingerprint density at radius 2 is 1.68 bits per heavy atom. The number of nitrogens with zero attached hydrogens (tertiary/aromatic N) is 1. The minimum Gasteiger partial charge on any atom is -0.320 e. The highest BCUT2D eigenvalue weighted by molar-refractivity contribution is 7.11. The number of nitrogens with one attached hydrogen (secondary N) is 1. The zero-order valence-corrected chi connectivity index (χ0v) is 15.3. The van der Waals surface area contributed by atoms with E-state index in [1.54, 1.807) is 6.08 Å². The van der Waals surface area contributed by atoms with Crippen molar-refractivity contribution in [2.24, 2.45) is 0 Å². The molecule has 0 fully saturated rings. The number of allylic oxidation sites excluding steroid dienone is 1. The molecule has 0 bridgehead atoms. The molecule has 0 atom stereocenters. The molecule has 0 aliphatic heterocycles. The number of aryl methyl sites for hydroxylation is 1. The molecule has 2 aromatic rings. The molecule has 3 nitrogen and oxygen atoms in total. The molecular weight excluding hydrogens is 292 g/mol. The fourth-order valence-corrected chi connectivity index (χ4v) is 1.85. The quantitative estimate of drug-likeness (QED) is 0.695. The Morgan fingerprint density at radius 1 is 1.18 bits per heavy atom. The zero-order valence-electron chi connectivity index (χ0n) is 14.5. The van der Waals surface area contributed by atoms with Crippen LogP contribution in [0, 0.1) is 6.92 Å². The van der Waals surface area contributed by atoms with Crippen LogP contribution in [-0.4, -0.2) is 10.9 Å². The van der Waals surface area contributed by atoms with Crippen LogP contribution < -0.4 is 5.32 Å². The molecule has 0 saturated carbocycles. The van der Waals surface area contributed by atoms with Crippen molar-refractivity contribution in [2.75, 3.05) is 5.32 Å². The first kappa shape index (κ1) is 22.3. The average Bonchev–Trinajstić information content (AvgIpc) is 3.00. The summed E-state index contributed by atoms with van der Waals surface area (Å²) in [6, 6.07) is 9.35. The number of para-hydroxylation sites is 1. The highest BCUT2D eigenvalue weighted by Crippen LogP contribution is 2.12. The Kier molecular flexibility index (Phi) is 15.7. The van der Waals surface area contributed by atoms with E-state index in [2.05, 4.69) is 16.9 Å². The Labute approximate surface area is 139 Å². The van der Waals surface area contributed by atoms with Gasteiger partial charge in [-0.15, -0.1) is 17.9 Å². The van der Waals surface area contributed by atoms with Crippen LogP contribution in [0.25, 0.3) is 0 Å². The van der Waals surface area contributed by atoms with E-state index in [9.17, 15) is 4.79 Å². The van der Waals surface area contributed by atoms with E-state index in [1.807, 2.05) is 77.3 Å². The van der Waals surface area contributed by atoms with Crippen LogP contribution >= 0.6 is 11.3 Å². The number of amides is 1. The summed E-state index contributed by atoms with van der Waals surface area (Å²) in [6.45, 7) is 15.1. The average molecular weight is 321 g/mol. The highest BCUT2D eigenvalue weighted by atomic mass is 32.1. The molecule has 4 heteroatoms. The number of hydrogen-bond donors (Lipinski definition) is 1. The largest absolute Gasteiger partial charge is 0.320 e. The number of thiazole rings is 1. The topological polar surface area (TPSA) is 42.0 Å². The molecule has 1 amide bonds. The van der Waals surface area contributed by atoms with E-state index in [0.717, 1.165) is 11.4 Å². The van der Waals surface area contributed by atoms with Crippen LogP contribution in [0.3, 0.4) is 0 Å². The van der Waals surface area contributed by atoms with Gasteiger partial charge >= 0.3 is 0 Å². The van der Waals surface area contributed by atoms with Gasteiger partial charge in [-0.05, 0) is 26.0 Å². The molecule has 0 spiro atoms. The number of benzene rings is 1. The van der Waals surface area contributed by atoms with Crippen LogP contribution in [0.4, 0.5) is 5.69 Å². The van der Waals surface area contributed by atoms with Gasteiger partial charge in [0.1, 0.15) is 0 Å². The maximum absolute atomic E-state index is 11.7. The van der Waals surface area contributed by atoms with Gasteiger partial charge in [0, 0.05) is 16.8 Å². The number of anilines is 1. The van der Waals surface area contributed by atoms with Gasteiger partial charge in [0.25, 0.3) is 5.91 Å². The first-order valence-corrected chi connectivity index (χ1v) is 8.41. The van der Waals surface area contributed by atoms with Crippen molar-refractivity contribution in [1.82, 2.24) is 4.98 Å². The summed E-state index contributed by atoms with van der Waals surface area (Å²) < 4.78 is 0. The number of rotatable bonds is 2.